The molecule has 0 spiro atoms. The maximum atomic E-state index is 12.2. The highest BCUT2D eigenvalue weighted by atomic mass is 32.1. The number of rotatable bonds is 6. The Morgan fingerprint density at radius 2 is 1.67 bits per heavy atom. The third-order valence-corrected chi connectivity index (χ3v) is 5.67. The normalized spacial score (nSPS) is 16.3. The lowest BCUT2D eigenvalue weighted by Gasteiger charge is -2.30. The second kappa shape index (κ2) is 10.2. The molecule has 5 nitrogen and oxygen atoms in total. The van der Waals surface area contributed by atoms with Crippen LogP contribution in [0.25, 0.3) is 0 Å². The van der Waals surface area contributed by atoms with Gasteiger partial charge in [-0.2, -0.15) is 11.3 Å². The van der Waals surface area contributed by atoms with Gasteiger partial charge in [-0.1, -0.05) is 43.2 Å². The summed E-state index contributed by atoms with van der Waals surface area (Å²) in [6, 6.07) is 11.8. The molecule has 0 aliphatic carbocycles. The summed E-state index contributed by atoms with van der Waals surface area (Å²) >= 11 is 1.66. The van der Waals surface area contributed by atoms with Crippen LogP contribution in [0.4, 0.5) is 0 Å². The lowest BCUT2D eigenvalue weighted by Crippen LogP contribution is -2.44. The van der Waals surface area contributed by atoms with Crippen molar-refractivity contribution in [3.05, 3.63) is 58.3 Å². The standard InChI is InChI=1S/C21H27N3O2S/c25-20(22-14-17-8-4-3-5-9-17)21(26)23-15-19(18-10-13-27-16-18)24-11-6-1-2-7-12-24/h3-5,8-10,13,16,19H,1-2,6-7,11-12,14-15H2,(H,22,25)(H,23,26). The maximum absolute atomic E-state index is 12.2. The number of thiophene rings is 1. The van der Waals surface area contributed by atoms with Gasteiger partial charge in [0.1, 0.15) is 0 Å². The average Bonchev–Trinajstić information content (AvgIpc) is 3.09. The van der Waals surface area contributed by atoms with Crippen LogP contribution in [-0.2, 0) is 16.1 Å². The van der Waals surface area contributed by atoms with Gasteiger partial charge in [0.25, 0.3) is 0 Å². The van der Waals surface area contributed by atoms with Crippen LogP contribution in [0.3, 0.4) is 0 Å². The number of hydrogen-bond acceptors (Lipinski definition) is 4. The molecule has 1 aromatic heterocycles. The quantitative estimate of drug-likeness (QED) is 0.751. The minimum atomic E-state index is -0.584. The van der Waals surface area contributed by atoms with Crippen molar-refractivity contribution in [3.63, 3.8) is 0 Å². The largest absolute Gasteiger partial charge is 0.346 e. The van der Waals surface area contributed by atoms with E-state index in [4.69, 9.17) is 0 Å². The van der Waals surface area contributed by atoms with E-state index in [0.717, 1.165) is 18.7 Å². The Hall–Kier alpha value is -2.18. The third-order valence-electron chi connectivity index (χ3n) is 4.97. The van der Waals surface area contributed by atoms with Gasteiger partial charge >= 0.3 is 11.8 Å². The van der Waals surface area contributed by atoms with Gasteiger partial charge in [-0.15, -0.1) is 0 Å². The smallest absolute Gasteiger partial charge is 0.309 e. The van der Waals surface area contributed by atoms with Gasteiger partial charge < -0.3 is 10.6 Å². The second-order valence-electron chi connectivity index (χ2n) is 6.90. The monoisotopic (exact) mass is 385 g/mol. The molecular weight excluding hydrogens is 358 g/mol. The maximum Gasteiger partial charge on any atom is 0.309 e. The summed E-state index contributed by atoms with van der Waals surface area (Å²) < 4.78 is 0. The zero-order chi connectivity index (χ0) is 18.9. The lowest BCUT2D eigenvalue weighted by molar-refractivity contribution is -0.139. The number of nitrogens with one attached hydrogen (secondary N) is 2. The number of amides is 2. The highest BCUT2D eigenvalue weighted by molar-refractivity contribution is 7.08. The number of hydrogen-bond donors (Lipinski definition) is 2. The van der Waals surface area contributed by atoms with Crippen molar-refractivity contribution in [1.29, 1.82) is 0 Å². The molecule has 1 aromatic carbocycles. The summed E-state index contributed by atoms with van der Waals surface area (Å²) in [7, 11) is 0. The summed E-state index contributed by atoms with van der Waals surface area (Å²) in [4.78, 5) is 26.8. The molecule has 0 saturated carbocycles. The first-order chi connectivity index (χ1) is 13.2. The Morgan fingerprint density at radius 3 is 2.33 bits per heavy atom. The number of carbonyl (C=O) groups is 2. The van der Waals surface area contributed by atoms with E-state index in [0.29, 0.717) is 13.1 Å². The number of likely N-dealkylation sites (tertiary alicyclic amines) is 1. The number of benzene rings is 1. The minimum absolute atomic E-state index is 0.125. The Balaban J connectivity index is 1.54. The average molecular weight is 386 g/mol. The van der Waals surface area contributed by atoms with Gasteiger partial charge in [0.15, 0.2) is 0 Å². The van der Waals surface area contributed by atoms with Crippen LogP contribution in [0.15, 0.2) is 47.2 Å². The van der Waals surface area contributed by atoms with Gasteiger partial charge in [0.2, 0.25) is 0 Å². The van der Waals surface area contributed by atoms with Crippen LogP contribution >= 0.6 is 11.3 Å². The molecule has 1 unspecified atom stereocenters. The van der Waals surface area contributed by atoms with Crippen molar-refractivity contribution in [3.8, 4) is 0 Å². The first kappa shape index (κ1) is 19.6. The highest BCUT2D eigenvalue weighted by Gasteiger charge is 2.23. The Kier molecular flexibility index (Phi) is 7.42. The van der Waals surface area contributed by atoms with Crippen molar-refractivity contribution in [2.24, 2.45) is 0 Å². The van der Waals surface area contributed by atoms with Gasteiger partial charge in [-0.25, -0.2) is 0 Å². The van der Waals surface area contributed by atoms with E-state index in [-0.39, 0.29) is 6.04 Å². The first-order valence-corrected chi connectivity index (χ1v) is 10.5. The lowest BCUT2D eigenvalue weighted by atomic mass is 10.1. The Labute approximate surface area is 164 Å². The summed E-state index contributed by atoms with van der Waals surface area (Å²) in [6.45, 7) is 2.88. The topological polar surface area (TPSA) is 61.4 Å². The molecule has 144 valence electrons. The molecule has 6 heteroatoms. The first-order valence-electron chi connectivity index (χ1n) is 9.60. The minimum Gasteiger partial charge on any atom is -0.346 e. The summed E-state index contributed by atoms with van der Waals surface area (Å²) in [5.41, 5.74) is 2.19. The fourth-order valence-electron chi connectivity index (χ4n) is 3.46. The van der Waals surface area contributed by atoms with Crippen LogP contribution in [0.2, 0.25) is 0 Å². The molecule has 0 radical (unpaired) electrons. The molecule has 0 bridgehead atoms. The van der Waals surface area contributed by atoms with Crippen LogP contribution in [0.5, 0.6) is 0 Å². The van der Waals surface area contributed by atoms with E-state index in [1.165, 1.54) is 31.2 Å². The molecule has 1 aliphatic heterocycles. The molecule has 1 fully saturated rings. The number of nitrogens with zero attached hydrogens (tertiary/aromatic N) is 1. The van der Waals surface area contributed by atoms with Crippen molar-refractivity contribution in [2.75, 3.05) is 19.6 Å². The predicted octanol–water partition coefficient (Wildman–Crippen LogP) is 3.10. The van der Waals surface area contributed by atoms with E-state index in [2.05, 4.69) is 32.4 Å². The van der Waals surface area contributed by atoms with Crippen molar-refractivity contribution >= 4 is 23.2 Å². The zero-order valence-electron chi connectivity index (χ0n) is 15.5. The molecule has 1 atom stereocenters. The molecule has 27 heavy (non-hydrogen) atoms. The van der Waals surface area contributed by atoms with Gasteiger partial charge in [-0.05, 0) is 53.9 Å². The molecule has 2 aromatic rings. The summed E-state index contributed by atoms with van der Waals surface area (Å²) in [5.74, 6) is -1.15. The van der Waals surface area contributed by atoms with E-state index in [1.54, 1.807) is 11.3 Å². The zero-order valence-corrected chi connectivity index (χ0v) is 16.3. The Morgan fingerprint density at radius 1 is 0.963 bits per heavy atom. The van der Waals surface area contributed by atoms with E-state index >= 15 is 0 Å². The SMILES string of the molecule is O=C(NCc1ccccc1)C(=O)NCC(c1ccsc1)N1CCCCCC1. The highest BCUT2D eigenvalue weighted by Crippen LogP contribution is 2.25. The van der Waals surface area contributed by atoms with Gasteiger partial charge in [0.05, 0.1) is 6.04 Å². The fourth-order valence-corrected chi connectivity index (χ4v) is 4.16. The molecular formula is C21H27N3O2S. The molecule has 3 rings (SSSR count). The van der Waals surface area contributed by atoms with Crippen LogP contribution in [-0.4, -0.2) is 36.3 Å². The van der Waals surface area contributed by atoms with Crippen molar-refractivity contribution in [1.82, 2.24) is 15.5 Å². The predicted molar refractivity (Wildman–Crippen MR) is 108 cm³/mol. The molecule has 1 saturated heterocycles. The van der Waals surface area contributed by atoms with Gasteiger partial charge in [0, 0.05) is 13.1 Å². The number of carbonyl (C=O) groups excluding carboxylic acids is 2. The molecule has 2 N–H and O–H groups in total. The van der Waals surface area contributed by atoms with Crippen LogP contribution in [0.1, 0.15) is 42.9 Å². The second-order valence-corrected chi connectivity index (χ2v) is 7.68. The third kappa shape index (κ3) is 5.91. The van der Waals surface area contributed by atoms with Crippen LogP contribution in [0, 0.1) is 0 Å². The van der Waals surface area contributed by atoms with E-state index in [9.17, 15) is 9.59 Å². The van der Waals surface area contributed by atoms with Crippen molar-refractivity contribution in [2.45, 2.75) is 38.3 Å². The van der Waals surface area contributed by atoms with Gasteiger partial charge in [-0.3, -0.25) is 14.5 Å². The summed E-state index contributed by atoms with van der Waals surface area (Å²) in [6.07, 6.45) is 4.90. The molecule has 2 heterocycles. The summed E-state index contributed by atoms with van der Waals surface area (Å²) in [5, 5.41) is 9.72. The van der Waals surface area contributed by atoms with E-state index in [1.807, 2.05) is 30.3 Å². The van der Waals surface area contributed by atoms with E-state index < -0.39 is 11.8 Å². The van der Waals surface area contributed by atoms with Crippen LogP contribution < -0.4 is 10.6 Å². The Bertz CT molecular complexity index is 710. The molecule has 2 amide bonds. The molecule has 1 aliphatic rings. The van der Waals surface area contributed by atoms with Crippen molar-refractivity contribution < 1.29 is 9.59 Å². The fraction of sp³-hybridized carbons (Fsp3) is 0.429.